The molecule has 14 heteroatoms. The molecule has 0 aromatic heterocycles. The molecule has 0 unspecified atom stereocenters. The average molecular weight is 676 g/mol. The molecule has 50 heavy (non-hydrogen) atoms. The van der Waals surface area contributed by atoms with Crippen molar-refractivity contribution >= 4 is 11.8 Å². The molecule has 0 fully saturated rings. The highest BCUT2D eigenvalue weighted by Crippen LogP contribution is 2.44. The molecule has 3 N–H and O–H groups in total. The Morgan fingerprint density at radius 1 is 0.900 bits per heavy atom. The van der Waals surface area contributed by atoms with Gasteiger partial charge in [0.15, 0.2) is 11.6 Å². The lowest BCUT2D eigenvalue weighted by Crippen LogP contribution is -2.54. The van der Waals surface area contributed by atoms with Crippen LogP contribution in [0.5, 0.6) is 11.5 Å². The Kier molecular flexibility index (Phi) is 12.3. The molecule has 1 aliphatic rings. The van der Waals surface area contributed by atoms with Gasteiger partial charge in [0.2, 0.25) is 5.90 Å². The highest BCUT2D eigenvalue weighted by atomic mass is 16.5. The molecule has 5 rings (SSSR count). The van der Waals surface area contributed by atoms with E-state index in [0.717, 1.165) is 16.7 Å². The van der Waals surface area contributed by atoms with Crippen LogP contribution in [0.2, 0.25) is 0 Å². The van der Waals surface area contributed by atoms with Crippen molar-refractivity contribution in [2.75, 3.05) is 20.3 Å². The number of carbonyl (C=O) groups is 1. The van der Waals surface area contributed by atoms with Crippen LogP contribution in [-0.4, -0.2) is 42.8 Å². The van der Waals surface area contributed by atoms with Gasteiger partial charge in [-0.1, -0.05) is 70.9 Å². The summed E-state index contributed by atoms with van der Waals surface area (Å²) in [6.45, 7) is 0.804. The van der Waals surface area contributed by atoms with Gasteiger partial charge >= 0.3 is 0 Å². The third-order valence-electron chi connectivity index (χ3n) is 8.21. The van der Waals surface area contributed by atoms with Crippen molar-refractivity contribution in [3.63, 3.8) is 0 Å². The summed E-state index contributed by atoms with van der Waals surface area (Å²) in [4.78, 5) is 25.7. The van der Waals surface area contributed by atoms with Crippen LogP contribution < -0.4 is 20.3 Å². The van der Waals surface area contributed by atoms with Gasteiger partial charge in [0.25, 0.3) is 5.91 Å². The summed E-state index contributed by atoms with van der Waals surface area (Å²) in [5.41, 5.74) is 26.9. The number of hydrogen-bond donors (Lipinski definition) is 3. The number of azide groups is 2. The van der Waals surface area contributed by atoms with Crippen LogP contribution >= 0.6 is 0 Å². The van der Waals surface area contributed by atoms with E-state index in [2.05, 4.69) is 30.9 Å². The van der Waals surface area contributed by atoms with Gasteiger partial charge in [0.05, 0.1) is 26.8 Å². The number of rotatable bonds is 17. The SMILES string of the molecule is COc1ccc(CNNC(=O)[C@@]2(Cc3ccccc3CN=[N+]=[N-])N=C(c3ccc(OCCCO)cc3)O[C@H]2c2ccccc2CN=[N+]=[N-])cc1. The second-order valence-electron chi connectivity index (χ2n) is 11.4. The number of aliphatic hydroxyl groups excluding tert-OH is 1. The molecule has 1 aliphatic heterocycles. The molecule has 0 radical (unpaired) electrons. The molecule has 0 bridgehead atoms. The molecule has 4 aromatic rings. The van der Waals surface area contributed by atoms with Gasteiger partial charge in [0.1, 0.15) is 11.5 Å². The highest BCUT2D eigenvalue weighted by molar-refractivity contribution is 6.01. The van der Waals surface area contributed by atoms with Gasteiger partial charge in [-0.25, -0.2) is 10.4 Å². The second-order valence-corrected chi connectivity index (χ2v) is 11.4. The summed E-state index contributed by atoms with van der Waals surface area (Å²) in [5, 5.41) is 16.7. The van der Waals surface area contributed by atoms with Crippen LogP contribution in [0.4, 0.5) is 0 Å². The van der Waals surface area contributed by atoms with E-state index >= 15 is 0 Å². The standard InChI is InChI=1S/C36H37N9O5/c1-48-30-15-11-25(12-16-30)22-39-43-35(47)36(21-27-7-2-3-8-28(27)23-40-44-37)33(32-10-5-4-9-29(32)24-41-45-38)50-34(42-36)26-13-17-31(18-14-26)49-20-6-19-46/h2-5,7-18,33,39,46H,6,19-24H2,1H3,(H,43,47)/t33-,36-/m0/s1. The first kappa shape index (κ1) is 35.3. The average Bonchev–Trinajstić information content (AvgIpc) is 3.54. The van der Waals surface area contributed by atoms with E-state index in [0.29, 0.717) is 47.8 Å². The second kappa shape index (κ2) is 17.4. The van der Waals surface area contributed by atoms with Crippen molar-refractivity contribution < 1.29 is 24.1 Å². The predicted molar refractivity (Wildman–Crippen MR) is 187 cm³/mol. The van der Waals surface area contributed by atoms with Crippen LogP contribution in [0.15, 0.2) is 112 Å². The molecule has 14 nitrogen and oxygen atoms in total. The maximum atomic E-state index is 14.7. The van der Waals surface area contributed by atoms with E-state index in [9.17, 15) is 4.79 Å². The summed E-state index contributed by atoms with van der Waals surface area (Å²) in [7, 11) is 1.60. The Labute approximate surface area is 289 Å². The van der Waals surface area contributed by atoms with Crippen LogP contribution in [0, 0.1) is 0 Å². The van der Waals surface area contributed by atoms with Crippen molar-refractivity contribution in [3.8, 4) is 11.5 Å². The van der Waals surface area contributed by atoms with E-state index < -0.39 is 17.6 Å². The Hall–Kier alpha value is -6.04. The number of nitrogens with zero attached hydrogens (tertiary/aromatic N) is 7. The largest absolute Gasteiger partial charge is 0.497 e. The summed E-state index contributed by atoms with van der Waals surface area (Å²) >= 11 is 0. The number of methoxy groups -OCH3 is 1. The van der Waals surface area contributed by atoms with E-state index in [1.54, 1.807) is 31.4 Å². The molecule has 0 spiro atoms. The zero-order valence-electron chi connectivity index (χ0n) is 27.5. The van der Waals surface area contributed by atoms with Crippen molar-refractivity contribution in [1.29, 1.82) is 0 Å². The minimum absolute atomic E-state index is 0.0242. The number of hydrazine groups is 1. The zero-order valence-corrected chi connectivity index (χ0v) is 27.5. The van der Waals surface area contributed by atoms with Crippen molar-refractivity contribution in [2.45, 2.75) is 44.1 Å². The zero-order chi connectivity index (χ0) is 35.2. The Morgan fingerprint density at radius 2 is 1.54 bits per heavy atom. The Bertz CT molecular complexity index is 1890. The van der Waals surface area contributed by atoms with Gasteiger partial charge in [-0.05, 0) is 75.3 Å². The number of ether oxygens (including phenoxy) is 3. The number of amides is 1. The number of hydrogen-bond acceptors (Lipinski definition) is 9. The van der Waals surface area contributed by atoms with E-state index in [1.807, 2.05) is 72.8 Å². The Morgan fingerprint density at radius 3 is 2.22 bits per heavy atom. The summed E-state index contributed by atoms with van der Waals surface area (Å²) < 4.78 is 17.6. The monoisotopic (exact) mass is 675 g/mol. The molecule has 0 aliphatic carbocycles. The first-order valence-corrected chi connectivity index (χ1v) is 15.9. The lowest BCUT2D eigenvalue weighted by atomic mass is 9.80. The molecular formula is C36H37N9O5. The number of aliphatic imine (C=N–C) groups is 1. The fraction of sp³-hybridized carbons (Fsp3) is 0.278. The number of carbonyl (C=O) groups excluding carboxylic acids is 1. The first-order chi connectivity index (χ1) is 24.5. The van der Waals surface area contributed by atoms with Crippen LogP contribution in [0.25, 0.3) is 20.9 Å². The van der Waals surface area contributed by atoms with E-state index in [1.165, 1.54) is 0 Å². The number of nitrogens with one attached hydrogen (secondary N) is 2. The first-order valence-electron chi connectivity index (χ1n) is 15.9. The fourth-order valence-electron chi connectivity index (χ4n) is 5.66. The maximum Gasteiger partial charge on any atom is 0.266 e. The van der Waals surface area contributed by atoms with Gasteiger partial charge < -0.3 is 19.3 Å². The minimum Gasteiger partial charge on any atom is -0.497 e. The quantitative estimate of drug-likeness (QED) is 0.0380. The lowest BCUT2D eigenvalue weighted by molar-refractivity contribution is -0.130. The van der Waals surface area contributed by atoms with Crippen LogP contribution in [0.3, 0.4) is 0 Å². The fourth-order valence-corrected chi connectivity index (χ4v) is 5.66. The maximum absolute atomic E-state index is 14.7. The van der Waals surface area contributed by atoms with E-state index in [4.69, 9.17) is 35.4 Å². The smallest absolute Gasteiger partial charge is 0.266 e. The minimum atomic E-state index is -1.59. The van der Waals surface area contributed by atoms with Gasteiger partial charge in [0, 0.05) is 41.4 Å². The lowest BCUT2D eigenvalue weighted by Gasteiger charge is -2.32. The molecule has 2 atom stereocenters. The van der Waals surface area contributed by atoms with Crippen molar-refractivity contribution in [1.82, 2.24) is 10.9 Å². The summed E-state index contributed by atoms with van der Waals surface area (Å²) in [6, 6.07) is 29.3. The molecule has 1 heterocycles. The normalized spacial score (nSPS) is 16.3. The molecular weight excluding hydrogens is 638 g/mol. The van der Waals surface area contributed by atoms with E-state index in [-0.39, 0.29) is 32.0 Å². The number of benzene rings is 4. The third-order valence-corrected chi connectivity index (χ3v) is 8.21. The van der Waals surface area contributed by atoms with Crippen molar-refractivity contribution in [2.24, 2.45) is 15.2 Å². The summed E-state index contributed by atoms with van der Waals surface area (Å²) in [5.74, 6) is 1.09. The highest BCUT2D eigenvalue weighted by Gasteiger charge is 2.54. The van der Waals surface area contributed by atoms with Gasteiger partial charge in [-0.15, -0.1) is 0 Å². The van der Waals surface area contributed by atoms with Crippen LogP contribution in [0.1, 0.15) is 45.9 Å². The van der Waals surface area contributed by atoms with Gasteiger partial charge in [-0.2, -0.15) is 0 Å². The predicted octanol–water partition coefficient (Wildman–Crippen LogP) is 6.40. The van der Waals surface area contributed by atoms with Gasteiger partial charge in [-0.3, -0.25) is 10.2 Å². The Balaban J connectivity index is 1.59. The molecule has 0 saturated carbocycles. The third kappa shape index (κ3) is 8.51. The molecule has 256 valence electrons. The molecule has 1 amide bonds. The van der Waals surface area contributed by atoms with Crippen LogP contribution in [-0.2, 0) is 35.6 Å². The number of aliphatic hydroxyl groups is 1. The summed E-state index contributed by atoms with van der Waals surface area (Å²) in [6.07, 6.45) is -0.384. The molecule has 0 saturated heterocycles. The molecule has 4 aromatic carbocycles. The van der Waals surface area contributed by atoms with Crippen molar-refractivity contribution in [3.05, 3.63) is 151 Å². The topological polar surface area (TPSA) is 199 Å².